The molecule has 0 aromatic carbocycles. The molecule has 0 aromatic heterocycles. The number of nitrogens with zero attached hydrogens (tertiary/aromatic N) is 1. The predicted molar refractivity (Wildman–Crippen MR) is 270 cm³/mol. The maximum atomic E-state index is 13.4. The van der Waals surface area contributed by atoms with Crippen LogP contribution in [0.5, 0.6) is 0 Å². The van der Waals surface area contributed by atoms with Crippen molar-refractivity contribution >= 4 is 19.7 Å². The van der Waals surface area contributed by atoms with Crippen LogP contribution in [-0.2, 0) is 27.9 Å². The van der Waals surface area contributed by atoms with E-state index in [4.69, 9.17) is 13.8 Å². The highest BCUT2D eigenvalue weighted by Gasteiger charge is 2.27. The Morgan fingerprint density at radius 1 is 0.562 bits per heavy atom. The lowest BCUT2D eigenvalue weighted by Gasteiger charge is -2.30. The Morgan fingerprint density at radius 3 is 1.48 bits per heavy atom. The number of quaternary nitrogens is 1. The summed E-state index contributed by atoms with van der Waals surface area (Å²) in [7, 11) is 1.18. The molecule has 3 unspecified atom stereocenters. The molecule has 0 aliphatic heterocycles. The van der Waals surface area contributed by atoms with E-state index in [0.717, 1.165) is 83.5 Å². The number of nitrogens with one attached hydrogen (secondary N) is 1. The van der Waals surface area contributed by atoms with Gasteiger partial charge in [-0.3, -0.25) is 14.2 Å². The summed E-state index contributed by atoms with van der Waals surface area (Å²) in [5.41, 5.74) is 0. The lowest BCUT2D eigenvalue weighted by Crippen LogP contribution is -2.47. The molecular formula is C54H103N2O7P. The summed E-state index contributed by atoms with van der Waals surface area (Å²) in [5, 5.41) is 3.01. The second-order valence-corrected chi connectivity index (χ2v) is 20.8. The molecule has 0 spiro atoms. The molecule has 376 valence electrons. The summed E-state index contributed by atoms with van der Waals surface area (Å²) in [6.45, 7) is 6.72. The Kier molecular flexibility index (Phi) is 43.8. The van der Waals surface area contributed by atoms with E-state index < -0.39 is 20.0 Å². The topological polar surface area (TPSA) is 114 Å². The number of phosphoric acid groups is 1. The Morgan fingerprint density at radius 2 is 1.00 bits per heavy atom. The number of ether oxygens (including phenoxy) is 1. The summed E-state index contributed by atoms with van der Waals surface area (Å²) in [6.07, 6.45) is 51.0. The Hall–Kier alpha value is -1.77. The van der Waals surface area contributed by atoms with Crippen LogP contribution in [-0.4, -0.2) is 69.4 Å². The normalized spacial score (nSPS) is 14.2. The number of hydrogen-bond acceptors (Lipinski definition) is 7. The van der Waals surface area contributed by atoms with Crippen LogP contribution in [0, 0.1) is 0 Å². The first-order chi connectivity index (χ1) is 30.9. The van der Waals surface area contributed by atoms with Crippen molar-refractivity contribution in [2.75, 3.05) is 40.9 Å². The van der Waals surface area contributed by atoms with Gasteiger partial charge in [0.25, 0.3) is 7.82 Å². The molecular weight excluding hydrogens is 820 g/mol. The van der Waals surface area contributed by atoms with Crippen molar-refractivity contribution in [3.05, 3.63) is 36.5 Å². The summed E-state index contributed by atoms with van der Waals surface area (Å²) in [6, 6.07) is -0.885. The monoisotopic (exact) mass is 923 g/mol. The average molecular weight is 923 g/mol. The van der Waals surface area contributed by atoms with Crippen LogP contribution in [0.3, 0.4) is 0 Å². The number of allylic oxidation sites excluding steroid dienone is 5. The van der Waals surface area contributed by atoms with Gasteiger partial charge < -0.3 is 28.5 Å². The van der Waals surface area contributed by atoms with Gasteiger partial charge in [-0.25, -0.2) is 0 Å². The van der Waals surface area contributed by atoms with E-state index in [9.17, 15) is 19.0 Å². The minimum atomic E-state index is -4.68. The summed E-state index contributed by atoms with van der Waals surface area (Å²) < 4.78 is 30.1. The van der Waals surface area contributed by atoms with Gasteiger partial charge in [-0.05, 0) is 57.4 Å². The third kappa shape index (κ3) is 45.4. The lowest BCUT2D eigenvalue weighted by molar-refractivity contribution is -0.870. The number of carbonyl (C=O) groups excluding carboxylic acids is 2. The van der Waals surface area contributed by atoms with E-state index in [1.54, 1.807) is 0 Å². The van der Waals surface area contributed by atoms with E-state index in [-0.39, 0.29) is 31.5 Å². The molecule has 10 heteroatoms. The SMILES string of the molecule is CC/C=C/C/C=C/CCCCCCCCCC(=O)OC(/C=C/CCCCCCCCCCC)C(COP(=O)([O-])OCC[N+](C)(C)C)NC(=O)CCCCCCCCCCCCCCC. The molecule has 1 amide bonds. The van der Waals surface area contributed by atoms with E-state index >= 15 is 0 Å². The Balaban J connectivity index is 5.38. The van der Waals surface area contributed by atoms with Gasteiger partial charge >= 0.3 is 5.97 Å². The van der Waals surface area contributed by atoms with Crippen LogP contribution in [0.25, 0.3) is 0 Å². The first-order valence-electron chi connectivity index (χ1n) is 26.8. The van der Waals surface area contributed by atoms with Gasteiger partial charge in [0.15, 0.2) is 0 Å². The zero-order valence-corrected chi connectivity index (χ0v) is 43.6. The highest BCUT2D eigenvalue weighted by molar-refractivity contribution is 7.45. The number of phosphoric ester groups is 1. The molecule has 0 saturated carbocycles. The van der Waals surface area contributed by atoms with Crippen LogP contribution in [0.4, 0.5) is 0 Å². The first-order valence-corrected chi connectivity index (χ1v) is 28.3. The molecule has 0 rings (SSSR count). The number of unbranched alkanes of at least 4 members (excludes halogenated alkanes) is 28. The van der Waals surface area contributed by atoms with Crippen molar-refractivity contribution in [3.63, 3.8) is 0 Å². The number of rotatable bonds is 48. The predicted octanol–water partition coefficient (Wildman–Crippen LogP) is 15.0. The lowest BCUT2D eigenvalue weighted by atomic mass is 10.0. The molecule has 9 nitrogen and oxygen atoms in total. The van der Waals surface area contributed by atoms with Gasteiger partial charge in [0.05, 0.1) is 33.8 Å². The maximum absolute atomic E-state index is 13.4. The number of esters is 1. The highest BCUT2D eigenvalue weighted by Crippen LogP contribution is 2.38. The fourth-order valence-electron chi connectivity index (χ4n) is 7.68. The van der Waals surface area contributed by atoms with E-state index in [2.05, 4.69) is 50.4 Å². The molecule has 0 aliphatic carbocycles. The Bertz CT molecular complexity index is 1200. The Labute approximate surface area is 396 Å². The van der Waals surface area contributed by atoms with Gasteiger partial charge in [-0.2, -0.15) is 0 Å². The number of likely N-dealkylation sites (N-methyl/N-ethyl adjacent to an activating group) is 1. The molecule has 0 radical (unpaired) electrons. The maximum Gasteiger partial charge on any atom is 0.306 e. The smallest absolute Gasteiger partial charge is 0.306 e. The van der Waals surface area contributed by atoms with Crippen LogP contribution >= 0.6 is 7.82 Å². The molecule has 3 atom stereocenters. The second-order valence-electron chi connectivity index (χ2n) is 19.4. The first kappa shape index (κ1) is 62.2. The fourth-order valence-corrected chi connectivity index (χ4v) is 8.40. The molecule has 0 heterocycles. The average Bonchev–Trinajstić information content (AvgIpc) is 3.25. The quantitative estimate of drug-likeness (QED) is 0.0212. The van der Waals surface area contributed by atoms with Gasteiger partial charge in [-0.15, -0.1) is 0 Å². The van der Waals surface area contributed by atoms with Crippen LogP contribution in [0.2, 0.25) is 0 Å². The van der Waals surface area contributed by atoms with Crippen molar-refractivity contribution in [2.24, 2.45) is 0 Å². The third-order valence-electron chi connectivity index (χ3n) is 11.8. The van der Waals surface area contributed by atoms with Crippen LogP contribution in [0.1, 0.15) is 245 Å². The van der Waals surface area contributed by atoms with E-state index in [1.807, 2.05) is 33.3 Å². The summed E-state index contributed by atoms with van der Waals surface area (Å²) in [5.74, 6) is -0.546. The molecule has 0 bridgehead atoms. The van der Waals surface area contributed by atoms with E-state index in [1.165, 1.54) is 128 Å². The van der Waals surface area contributed by atoms with Crippen molar-refractivity contribution in [3.8, 4) is 0 Å². The minimum Gasteiger partial charge on any atom is -0.756 e. The third-order valence-corrected chi connectivity index (χ3v) is 12.8. The molecule has 0 saturated heterocycles. The highest BCUT2D eigenvalue weighted by atomic mass is 31.2. The zero-order chi connectivity index (χ0) is 47.3. The van der Waals surface area contributed by atoms with Crippen molar-refractivity contribution in [1.29, 1.82) is 0 Å². The number of hydrogen-bond donors (Lipinski definition) is 1. The van der Waals surface area contributed by atoms with Crippen LogP contribution < -0.4 is 10.2 Å². The summed E-state index contributed by atoms with van der Waals surface area (Å²) >= 11 is 0. The molecule has 0 aliphatic rings. The molecule has 64 heavy (non-hydrogen) atoms. The van der Waals surface area contributed by atoms with Gasteiger partial charge in [-0.1, -0.05) is 212 Å². The minimum absolute atomic E-state index is 0.0219. The standard InChI is InChI=1S/C54H103N2O7P/c1-7-10-13-16-19-22-25-27-29-32-35-38-41-44-47-54(58)63-52(45-42-39-36-33-30-24-21-18-15-12-9-3)51(50-62-64(59,60)61-49-48-56(4,5)6)55-53(57)46-43-40-37-34-31-28-26-23-20-17-14-11-8-2/h10,13,19,22,42,45,51-52H,7-9,11-12,14-18,20-21,23-41,43-44,46-50H2,1-6H3,(H-,55,57,59,60)/b13-10+,22-19+,45-42+. The van der Waals surface area contributed by atoms with Crippen molar-refractivity contribution < 1.29 is 37.3 Å². The van der Waals surface area contributed by atoms with Gasteiger partial charge in [0.1, 0.15) is 19.3 Å². The fraction of sp³-hybridized carbons (Fsp3) is 0.852. The number of carbonyl (C=O) groups is 2. The van der Waals surface area contributed by atoms with Crippen molar-refractivity contribution in [1.82, 2.24) is 5.32 Å². The van der Waals surface area contributed by atoms with Gasteiger partial charge in [0.2, 0.25) is 5.91 Å². The van der Waals surface area contributed by atoms with Crippen LogP contribution in [0.15, 0.2) is 36.5 Å². The molecule has 0 aromatic rings. The largest absolute Gasteiger partial charge is 0.756 e. The molecule has 1 N–H and O–H groups in total. The molecule has 0 fully saturated rings. The van der Waals surface area contributed by atoms with Gasteiger partial charge in [0, 0.05) is 12.8 Å². The summed E-state index contributed by atoms with van der Waals surface area (Å²) in [4.78, 5) is 39.7. The van der Waals surface area contributed by atoms with E-state index in [0.29, 0.717) is 17.4 Å². The number of amides is 1. The second kappa shape index (κ2) is 45.0. The zero-order valence-electron chi connectivity index (χ0n) is 42.7. The van der Waals surface area contributed by atoms with Crippen molar-refractivity contribution in [2.45, 2.75) is 258 Å².